The number of nitrogens with one attached hydrogen (secondary N) is 1. The maximum Gasteiger partial charge on any atom is 0.204 e. The van der Waals surface area contributed by atoms with Gasteiger partial charge in [-0.3, -0.25) is 10.8 Å². The van der Waals surface area contributed by atoms with Crippen LogP contribution >= 0.6 is 0 Å². The molecule has 0 aliphatic heterocycles. The molecule has 2 aromatic rings. The van der Waals surface area contributed by atoms with E-state index in [0.29, 0.717) is 17.2 Å². The molecular formula is C15H19N3O3. The molecule has 0 bridgehead atoms. The van der Waals surface area contributed by atoms with Gasteiger partial charge in [-0.05, 0) is 24.8 Å². The predicted molar refractivity (Wildman–Crippen MR) is 81.2 cm³/mol. The molecule has 0 radical (unpaired) electrons. The van der Waals surface area contributed by atoms with Gasteiger partial charge in [0.2, 0.25) is 5.75 Å². The molecule has 0 spiro atoms. The van der Waals surface area contributed by atoms with Crippen molar-refractivity contribution < 1.29 is 14.2 Å². The van der Waals surface area contributed by atoms with Crippen LogP contribution in [0.4, 0.5) is 5.69 Å². The zero-order valence-corrected chi connectivity index (χ0v) is 12.4. The zero-order chi connectivity index (χ0) is 15.0. The lowest BCUT2D eigenvalue weighted by Crippen LogP contribution is -2.11. The van der Waals surface area contributed by atoms with Gasteiger partial charge in [0.05, 0.1) is 37.9 Å². The fourth-order valence-corrected chi connectivity index (χ4v) is 3.05. The normalized spacial score (nSPS) is 13.1. The van der Waals surface area contributed by atoms with Crippen molar-refractivity contribution in [3.8, 4) is 17.2 Å². The first-order valence-electron chi connectivity index (χ1n) is 6.86. The minimum Gasteiger partial charge on any atom is -0.493 e. The Morgan fingerprint density at radius 2 is 1.86 bits per heavy atom. The van der Waals surface area contributed by atoms with Crippen molar-refractivity contribution in [3.63, 3.8) is 0 Å². The monoisotopic (exact) mass is 289 g/mol. The Bertz CT molecular complexity index is 701. The van der Waals surface area contributed by atoms with Crippen LogP contribution in [-0.2, 0) is 12.8 Å². The van der Waals surface area contributed by atoms with E-state index in [1.165, 1.54) is 0 Å². The van der Waals surface area contributed by atoms with E-state index < -0.39 is 0 Å². The van der Waals surface area contributed by atoms with Gasteiger partial charge in [0.15, 0.2) is 11.5 Å². The Balaban J connectivity index is 2.44. The number of fused-ring (bicyclic) bond motifs is 2. The number of aromatic nitrogens is 1. The molecule has 0 saturated carbocycles. The standard InChI is InChI=1S/C15H19N3O3/c1-19-11-7-10-12(15(21-3)14(11)20-2)13(18-16)8-5-4-6-9(8)17-10/h7H,4-6,16H2,1-3H3,(H,17,18). The summed E-state index contributed by atoms with van der Waals surface area (Å²) in [5.41, 5.74) is 6.72. The molecular weight excluding hydrogens is 270 g/mol. The topological polar surface area (TPSA) is 78.6 Å². The quantitative estimate of drug-likeness (QED) is 0.662. The molecule has 0 amide bonds. The molecule has 6 nitrogen and oxygen atoms in total. The van der Waals surface area contributed by atoms with Gasteiger partial charge in [0, 0.05) is 11.8 Å². The third kappa shape index (κ3) is 1.94. The van der Waals surface area contributed by atoms with E-state index in [4.69, 9.17) is 25.0 Å². The third-order valence-corrected chi connectivity index (χ3v) is 3.95. The molecule has 21 heavy (non-hydrogen) atoms. The lowest BCUT2D eigenvalue weighted by Gasteiger charge is -2.18. The molecule has 112 valence electrons. The van der Waals surface area contributed by atoms with Crippen LogP contribution in [0.3, 0.4) is 0 Å². The molecule has 0 unspecified atom stereocenters. The number of benzene rings is 1. The Morgan fingerprint density at radius 3 is 2.48 bits per heavy atom. The van der Waals surface area contributed by atoms with Crippen LogP contribution in [-0.4, -0.2) is 26.3 Å². The number of hydrogen-bond acceptors (Lipinski definition) is 6. The highest BCUT2D eigenvalue weighted by Crippen LogP contribution is 2.47. The fraction of sp³-hybridized carbons (Fsp3) is 0.400. The summed E-state index contributed by atoms with van der Waals surface area (Å²) < 4.78 is 16.4. The minimum absolute atomic E-state index is 0.545. The van der Waals surface area contributed by atoms with E-state index in [1.54, 1.807) is 21.3 Å². The number of nitrogens with two attached hydrogens (primary N) is 1. The molecule has 1 heterocycles. The van der Waals surface area contributed by atoms with Crippen molar-refractivity contribution in [3.05, 3.63) is 17.3 Å². The van der Waals surface area contributed by atoms with Crippen molar-refractivity contribution in [2.45, 2.75) is 19.3 Å². The van der Waals surface area contributed by atoms with Gasteiger partial charge < -0.3 is 19.6 Å². The number of anilines is 1. The van der Waals surface area contributed by atoms with Crippen LogP contribution in [0.1, 0.15) is 17.7 Å². The van der Waals surface area contributed by atoms with Gasteiger partial charge >= 0.3 is 0 Å². The second-order valence-corrected chi connectivity index (χ2v) is 4.95. The van der Waals surface area contributed by atoms with Gasteiger partial charge in [0.1, 0.15) is 0 Å². The van der Waals surface area contributed by atoms with E-state index in [1.807, 2.05) is 6.07 Å². The average Bonchev–Trinajstić information content (AvgIpc) is 2.98. The molecule has 1 aromatic heterocycles. The van der Waals surface area contributed by atoms with Crippen molar-refractivity contribution in [2.75, 3.05) is 26.8 Å². The maximum atomic E-state index is 5.77. The lowest BCUT2D eigenvalue weighted by atomic mass is 10.1. The molecule has 0 atom stereocenters. The van der Waals surface area contributed by atoms with Crippen molar-refractivity contribution in [1.29, 1.82) is 0 Å². The van der Waals surface area contributed by atoms with Gasteiger partial charge in [-0.1, -0.05) is 0 Å². The zero-order valence-electron chi connectivity index (χ0n) is 12.4. The maximum absolute atomic E-state index is 5.77. The van der Waals surface area contributed by atoms with E-state index in [9.17, 15) is 0 Å². The molecule has 3 N–H and O–H groups in total. The smallest absolute Gasteiger partial charge is 0.204 e. The van der Waals surface area contributed by atoms with Crippen LogP contribution in [0.2, 0.25) is 0 Å². The highest BCUT2D eigenvalue weighted by Gasteiger charge is 2.25. The lowest BCUT2D eigenvalue weighted by molar-refractivity contribution is 0.327. The summed E-state index contributed by atoms with van der Waals surface area (Å²) in [5.74, 6) is 7.49. The Hall–Kier alpha value is -2.21. The SMILES string of the molecule is COc1cc2nc3c(c(NN)c2c(OC)c1OC)CCC3. The molecule has 3 rings (SSSR count). The van der Waals surface area contributed by atoms with Crippen molar-refractivity contribution >= 4 is 16.6 Å². The summed E-state index contributed by atoms with van der Waals surface area (Å²) in [7, 11) is 4.78. The summed E-state index contributed by atoms with van der Waals surface area (Å²) in [6.07, 6.45) is 3.02. The number of rotatable bonds is 4. The predicted octanol–water partition coefficient (Wildman–Crippen LogP) is 2.03. The minimum atomic E-state index is 0.545. The number of aryl methyl sites for hydroxylation is 1. The Morgan fingerprint density at radius 1 is 1.10 bits per heavy atom. The number of pyridine rings is 1. The van der Waals surface area contributed by atoms with Gasteiger partial charge in [0.25, 0.3) is 0 Å². The summed E-state index contributed by atoms with van der Waals surface area (Å²) in [6.45, 7) is 0. The second kappa shape index (κ2) is 5.29. The average molecular weight is 289 g/mol. The molecule has 0 saturated heterocycles. The molecule has 1 aliphatic carbocycles. The van der Waals surface area contributed by atoms with Crippen LogP contribution in [0, 0.1) is 0 Å². The Labute approximate surface area is 123 Å². The van der Waals surface area contributed by atoms with Crippen LogP contribution in [0.15, 0.2) is 6.07 Å². The summed E-state index contributed by atoms with van der Waals surface area (Å²) in [5, 5.41) is 0.832. The Kier molecular flexibility index (Phi) is 3.47. The summed E-state index contributed by atoms with van der Waals surface area (Å²) in [6, 6.07) is 1.86. The first-order chi connectivity index (χ1) is 10.2. The van der Waals surface area contributed by atoms with Crippen molar-refractivity contribution in [1.82, 2.24) is 4.98 Å². The van der Waals surface area contributed by atoms with E-state index in [2.05, 4.69) is 5.43 Å². The van der Waals surface area contributed by atoms with Crippen LogP contribution in [0.25, 0.3) is 10.9 Å². The van der Waals surface area contributed by atoms with Gasteiger partial charge in [-0.2, -0.15) is 0 Å². The van der Waals surface area contributed by atoms with Crippen molar-refractivity contribution in [2.24, 2.45) is 5.84 Å². The van der Waals surface area contributed by atoms with Gasteiger partial charge in [-0.25, -0.2) is 0 Å². The number of methoxy groups -OCH3 is 3. The number of nitrogens with zero attached hydrogens (tertiary/aromatic N) is 1. The molecule has 0 fully saturated rings. The second-order valence-electron chi connectivity index (χ2n) is 4.95. The first kappa shape index (κ1) is 13.8. The third-order valence-electron chi connectivity index (χ3n) is 3.95. The van der Waals surface area contributed by atoms with Crippen LogP contribution in [0.5, 0.6) is 17.2 Å². The number of nitrogen functional groups attached to an aromatic ring is 1. The molecule has 1 aliphatic rings. The van der Waals surface area contributed by atoms with Crippen LogP contribution < -0.4 is 25.5 Å². The number of hydrazine groups is 1. The fourth-order valence-electron chi connectivity index (χ4n) is 3.05. The summed E-state index contributed by atoms with van der Waals surface area (Å²) >= 11 is 0. The first-order valence-corrected chi connectivity index (χ1v) is 6.86. The number of ether oxygens (including phenoxy) is 3. The van der Waals surface area contributed by atoms with Gasteiger partial charge in [-0.15, -0.1) is 0 Å². The summed E-state index contributed by atoms with van der Waals surface area (Å²) in [4.78, 5) is 4.75. The highest BCUT2D eigenvalue weighted by molar-refractivity contribution is 6.01. The molecule has 1 aromatic carbocycles. The largest absolute Gasteiger partial charge is 0.493 e. The van der Waals surface area contributed by atoms with E-state index in [0.717, 1.165) is 47.1 Å². The highest BCUT2D eigenvalue weighted by atomic mass is 16.5. The van der Waals surface area contributed by atoms with E-state index in [-0.39, 0.29) is 0 Å². The molecule has 6 heteroatoms. The van der Waals surface area contributed by atoms with E-state index >= 15 is 0 Å². The number of hydrogen-bond donors (Lipinski definition) is 2.